The summed E-state index contributed by atoms with van der Waals surface area (Å²) in [5, 5.41) is 7.87. The van der Waals surface area contributed by atoms with Crippen LogP contribution in [0.5, 0.6) is 0 Å². The number of benzene rings is 1. The fourth-order valence-electron chi connectivity index (χ4n) is 3.53. The molecule has 1 saturated heterocycles. The number of hydrogen-bond acceptors (Lipinski definition) is 8. The summed E-state index contributed by atoms with van der Waals surface area (Å²) in [6, 6.07) is 8.22. The first-order valence-electron chi connectivity index (χ1n) is 9.98. The van der Waals surface area contributed by atoms with Gasteiger partial charge in [-0.25, -0.2) is 9.78 Å². The van der Waals surface area contributed by atoms with E-state index in [4.69, 9.17) is 9.26 Å². The lowest BCUT2D eigenvalue weighted by molar-refractivity contribution is 0.0512. The minimum absolute atomic E-state index is 0.0583. The van der Waals surface area contributed by atoms with Crippen molar-refractivity contribution in [2.75, 3.05) is 29.9 Å². The predicted molar refractivity (Wildman–Crippen MR) is 111 cm³/mol. The number of anilines is 3. The maximum atomic E-state index is 12.1. The maximum absolute atomic E-state index is 12.1. The molecule has 0 atom stereocenters. The standard InChI is InChI=1S/C21H25N5O3/c1-4-28-21(27)19-23-18(17-14(3)25-29-20(17)24-19)22-15-5-7-16(8-6-15)26-11-9-13(2)10-12-26/h5-8,13H,4,9-12H2,1-3H3,(H,22,23,24). The summed E-state index contributed by atoms with van der Waals surface area (Å²) in [7, 11) is 0. The van der Waals surface area contributed by atoms with Crippen LogP contribution in [0.1, 0.15) is 43.0 Å². The van der Waals surface area contributed by atoms with Crippen molar-refractivity contribution < 1.29 is 14.1 Å². The van der Waals surface area contributed by atoms with Gasteiger partial charge in [-0.1, -0.05) is 12.1 Å². The van der Waals surface area contributed by atoms with Crippen LogP contribution in [0.3, 0.4) is 0 Å². The van der Waals surface area contributed by atoms with Crippen molar-refractivity contribution in [3.8, 4) is 0 Å². The number of piperidine rings is 1. The Labute approximate surface area is 169 Å². The third-order valence-corrected chi connectivity index (χ3v) is 5.24. The van der Waals surface area contributed by atoms with Crippen molar-refractivity contribution in [2.45, 2.75) is 33.6 Å². The Balaban J connectivity index is 1.60. The zero-order valence-electron chi connectivity index (χ0n) is 16.9. The van der Waals surface area contributed by atoms with Crippen molar-refractivity contribution in [3.05, 3.63) is 35.8 Å². The van der Waals surface area contributed by atoms with E-state index in [-0.39, 0.29) is 18.1 Å². The van der Waals surface area contributed by atoms with Crippen LogP contribution in [-0.2, 0) is 4.74 Å². The Morgan fingerprint density at radius 3 is 2.66 bits per heavy atom. The number of ether oxygens (including phenoxy) is 1. The predicted octanol–water partition coefficient (Wildman–Crippen LogP) is 4.08. The van der Waals surface area contributed by atoms with Crippen LogP contribution < -0.4 is 10.2 Å². The van der Waals surface area contributed by atoms with Crippen LogP contribution in [0.15, 0.2) is 28.8 Å². The molecule has 3 heterocycles. The van der Waals surface area contributed by atoms with Gasteiger partial charge in [-0.2, -0.15) is 4.98 Å². The molecule has 0 spiro atoms. The molecule has 1 fully saturated rings. The maximum Gasteiger partial charge on any atom is 0.376 e. The third-order valence-electron chi connectivity index (χ3n) is 5.24. The number of nitrogens with one attached hydrogen (secondary N) is 1. The minimum Gasteiger partial charge on any atom is -0.460 e. The van der Waals surface area contributed by atoms with E-state index in [2.05, 4.69) is 44.4 Å². The second kappa shape index (κ2) is 8.06. The van der Waals surface area contributed by atoms with E-state index >= 15 is 0 Å². The normalized spacial score (nSPS) is 14.9. The molecule has 0 radical (unpaired) electrons. The van der Waals surface area contributed by atoms with Gasteiger partial charge in [0.05, 0.1) is 12.3 Å². The average molecular weight is 395 g/mol. The number of aromatic nitrogens is 3. The Kier molecular flexibility index (Phi) is 5.33. The second-order valence-electron chi connectivity index (χ2n) is 7.41. The van der Waals surface area contributed by atoms with Crippen LogP contribution in [-0.4, -0.2) is 40.8 Å². The number of esters is 1. The topological polar surface area (TPSA) is 93.4 Å². The first kappa shape index (κ1) is 19.2. The van der Waals surface area contributed by atoms with Gasteiger partial charge in [0, 0.05) is 24.5 Å². The summed E-state index contributed by atoms with van der Waals surface area (Å²) in [6.45, 7) is 8.27. The van der Waals surface area contributed by atoms with Gasteiger partial charge in [0.2, 0.25) is 5.82 Å². The molecule has 2 aromatic heterocycles. The van der Waals surface area contributed by atoms with Gasteiger partial charge in [-0.15, -0.1) is 0 Å². The van der Waals surface area contributed by atoms with Crippen LogP contribution >= 0.6 is 0 Å². The molecule has 8 heteroatoms. The third kappa shape index (κ3) is 4.01. The van der Waals surface area contributed by atoms with Gasteiger partial charge in [0.25, 0.3) is 5.71 Å². The number of carbonyl (C=O) groups is 1. The second-order valence-corrected chi connectivity index (χ2v) is 7.41. The van der Waals surface area contributed by atoms with Gasteiger partial charge < -0.3 is 19.5 Å². The van der Waals surface area contributed by atoms with Gasteiger partial charge in [0.15, 0.2) is 0 Å². The highest BCUT2D eigenvalue weighted by atomic mass is 16.5. The minimum atomic E-state index is -0.596. The summed E-state index contributed by atoms with van der Waals surface area (Å²) >= 11 is 0. The number of hydrogen-bond donors (Lipinski definition) is 1. The summed E-state index contributed by atoms with van der Waals surface area (Å²) in [5.41, 5.74) is 2.97. The van der Waals surface area contributed by atoms with Crippen LogP contribution in [0, 0.1) is 12.8 Å². The zero-order chi connectivity index (χ0) is 20.4. The van der Waals surface area contributed by atoms with Gasteiger partial charge in [-0.05, 0) is 56.9 Å². The van der Waals surface area contributed by atoms with Gasteiger partial charge in [-0.3, -0.25) is 0 Å². The average Bonchev–Trinajstić information content (AvgIpc) is 3.10. The number of fused-ring (bicyclic) bond motifs is 1. The molecule has 4 rings (SSSR count). The molecule has 1 aromatic carbocycles. The highest BCUT2D eigenvalue weighted by Gasteiger charge is 2.20. The van der Waals surface area contributed by atoms with E-state index in [0.717, 1.165) is 24.7 Å². The molecule has 1 aliphatic heterocycles. The number of aryl methyl sites for hydroxylation is 1. The van der Waals surface area contributed by atoms with Gasteiger partial charge >= 0.3 is 5.97 Å². The van der Waals surface area contributed by atoms with Gasteiger partial charge in [0.1, 0.15) is 11.2 Å². The summed E-state index contributed by atoms with van der Waals surface area (Å²) < 4.78 is 10.3. The fraction of sp³-hybridized carbons (Fsp3) is 0.429. The molecule has 0 bridgehead atoms. The summed E-state index contributed by atoms with van der Waals surface area (Å²) in [4.78, 5) is 23.0. The molecule has 3 aromatic rings. The lowest BCUT2D eigenvalue weighted by Crippen LogP contribution is -2.32. The van der Waals surface area contributed by atoms with E-state index < -0.39 is 5.97 Å². The smallest absolute Gasteiger partial charge is 0.376 e. The lowest BCUT2D eigenvalue weighted by atomic mass is 9.99. The molecule has 0 aliphatic carbocycles. The van der Waals surface area contributed by atoms with Crippen LogP contribution in [0.2, 0.25) is 0 Å². The summed E-state index contributed by atoms with van der Waals surface area (Å²) in [5.74, 6) is 0.613. The van der Waals surface area contributed by atoms with E-state index in [9.17, 15) is 4.79 Å². The molecular formula is C21H25N5O3. The monoisotopic (exact) mass is 395 g/mol. The molecular weight excluding hydrogens is 370 g/mol. The van der Waals surface area contributed by atoms with Crippen molar-refractivity contribution in [2.24, 2.45) is 5.92 Å². The first-order chi connectivity index (χ1) is 14.0. The van der Waals surface area contributed by atoms with E-state index in [1.807, 2.05) is 19.1 Å². The quantitative estimate of drug-likeness (QED) is 0.646. The zero-order valence-corrected chi connectivity index (χ0v) is 16.9. The molecule has 0 amide bonds. The molecule has 8 nitrogen and oxygen atoms in total. The molecule has 1 aliphatic rings. The Morgan fingerprint density at radius 1 is 1.24 bits per heavy atom. The Morgan fingerprint density at radius 2 is 1.97 bits per heavy atom. The highest BCUT2D eigenvalue weighted by molar-refractivity contribution is 5.94. The van der Waals surface area contributed by atoms with Crippen molar-refractivity contribution >= 4 is 34.3 Å². The molecule has 29 heavy (non-hydrogen) atoms. The van der Waals surface area contributed by atoms with E-state index in [0.29, 0.717) is 16.9 Å². The van der Waals surface area contributed by atoms with Crippen LogP contribution in [0.25, 0.3) is 11.1 Å². The molecule has 1 N–H and O–H groups in total. The van der Waals surface area contributed by atoms with Crippen LogP contribution in [0.4, 0.5) is 17.2 Å². The number of carbonyl (C=O) groups excluding carboxylic acids is 1. The largest absolute Gasteiger partial charge is 0.460 e. The molecule has 152 valence electrons. The number of rotatable bonds is 5. The Hall–Kier alpha value is -3.16. The lowest BCUT2D eigenvalue weighted by Gasteiger charge is -2.32. The van der Waals surface area contributed by atoms with E-state index in [1.165, 1.54) is 18.5 Å². The highest BCUT2D eigenvalue weighted by Crippen LogP contribution is 2.29. The van der Waals surface area contributed by atoms with E-state index in [1.54, 1.807) is 6.92 Å². The number of nitrogens with zero attached hydrogens (tertiary/aromatic N) is 4. The van der Waals surface area contributed by atoms with Crippen molar-refractivity contribution in [1.82, 2.24) is 15.1 Å². The SMILES string of the molecule is CCOC(=O)c1nc(Nc2ccc(N3CCC(C)CC3)cc2)c2c(C)noc2n1. The Bertz CT molecular complexity index is 1010. The molecule has 0 unspecified atom stereocenters. The molecule has 0 saturated carbocycles. The first-order valence-corrected chi connectivity index (χ1v) is 9.98. The van der Waals surface area contributed by atoms with Crippen molar-refractivity contribution in [3.63, 3.8) is 0 Å². The fourth-order valence-corrected chi connectivity index (χ4v) is 3.53. The van der Waals surface area contributed by atoms with Crippen molar-refractivity contribution in [1.29, 1.82) is 0 Å². The summed E-state index contributed by atoms with van der Waals surface area (Å²) in [6.07, 6.45) is 2.45.